The number of anilines is 1. The number of carbonyl (C=O) groups is 1. The Morgan fingerprint density at radius 1 is 1.00 bits per heavy atom. The van der Waals surface area contributed by atoms with E-state index in [1.807, 2.05) is 36.4 Å². The lowest BCUT2D eigenvalue weighted by Crippen LogP contribution is -2.17. The SMILES string of the molecule is Cn1nc(-c2ccc(F)cc2)c(-c2ccncc2)c1NC(=O)Cc1ccc(S)cc1. The number of rotatable bonds is 5. The van der Waals surface area contributed by atoms with Gasteiger partial charge in [0.2, 0.25) is 5.91 Å². The summed E-state index contributed by atoms with van der Waals surface area (Å²) in [5.41, 5.74) is 3.90. The van der Waals surface area contributed by atoms with Gasteiger partial charge in [0.15, 0.2) is 0 Å². The first kappa shape index (κ1) is 19.8. The molecule has 4 rings (SSSR count). The molecular formula is C23H19FN4OS. The van der Waals surface area contributed by atoms with Gasteiger partial charge >= 0.3 is 0 Å². The van der Waals surface area contributed by atoms with Crippen LogP contribution in [0.3, 0.4) is 0 Å². The van der Waals surface area contributed by atoms with E-state index in [4.69, 9.17) is 0 Å². The molecule has 2 heterocycles. The number of pyridine rings is 1. The van der Waals surface area contributed by atoms with Gasteiger partial charge in [0.1, 0.15) is 17.3 Å². The normalized spacial score (nSPS) is 10.8. The van der Waals surface area contributed by atoms with E-state index in [1.165, 1.54) is 12.1 Å². The fraction of sp³-hybridized carbons (Fsp3) is 0.0870. The van der Waals surface area contributed by atoms with Gasteiger partial charge in [0, 0.05) is 29.9 Å². The van der Waals surface area contributed by atoms with Crippen LogP contribution in [-0.4, -0.2) is 20.7 Å². The van der Waals surface area contributed by atoms with Crippen molar-refractivity contribution in [3.05, 3.63) is 84.4 Å². The second-order valence-corrected chi connectivity index (χ2v) is 7.35. The molecule has 0 radical (unpaired) electrons. The van der Waals surface area contributed by atoms with Gasteiger partial charge < -0.3 is 5.32 Å². The van der Waals surface area contributed by atoms with E-state index < -0.39 is 0 Å². The number of hydrogen-bond donors (Lipinski definition) is 2. The Bertz CT molecular complexity index is 1170. The molecule has 1 N–H and O–H groups in total. The van der Waals surface area contributed by atoms with Gasteiger partial charge in [0.05, 0.1) is 12.0 Å². The summed E-state index contributed by atoms with van der Waals surface area (Å²) in [5.74, 6) is 0.0862. The summed E-state index contributed by atoms with van der Waals surface area (Å²) in [4.78, 5) is 17.7. The van der Waals surface area contributed by atoms with Crippen LogP contribution in [0.15, 0.2) is 78.0 Å². The zero-order chi connectivity index (χ0) is 21.1. The van der Waals surface area contributed by atoms with Crippen LogP contribution in [-0.2, 0) is 18.3 Å². The Labute approximate surface area is 179 Å². The number of aryl methyl sites for hydroxylation is 1. The first-order chi connectivity index (χ1) is 14.5. The van der Waals surface area contributed by atoms with Crippen LogP contribution in [0.5, 0.6) is 0 Å². The highest BCUT2D eigenvalue weighted by Gasteiger charge is 2.21. The fourth-order valence-corrected chi connectivity index (χ4v) is 3.39. The van der Waals surface area contributed by atoms with Crippen molar-refractivity contribution < 1.29 is 9.18 Å². The van der Waals surface area contributed by atoms with E-state index in [-0.39, 0.29) is 18.1 Å². The quantitative estimate of drug-likeness (QED) is 0.460. The topological polar surface area (TPSA) is 59.8 Å². The number of amides is 1. The lowest BCUT2D eigenvalue weighted by Gasteiger charge is -2.10. The summed E-state index contributed by atoms with van der Waals surface area (Å²) in [5, 5.41) is 7.60. The minimum absolute atomic E-state index is 0.161. The molecule has 0 fully saturated rings. The lowest BCUT2D eigenvalue weighted by atomic mass is 10.0. The predicted octanol–water partition coefficient (Wildman–Crippen LogP) is 4.76. The summed E-state index contributed by atoms with van der Waals surface area (Å²) in [7, 11) is 1.77. The molecule has 0 saturated heterocycles. The Balaban J connectivity index is 1.72. The number of halogens is 1. The minimum atomic E-state index is -0.319. The van der Waals surface area contributed by atoms with E-state index >= 15 is 0 Å². The van der Waals surface area contributed by atoms with Gasteiger partial charge in [-0.1, -0.05) is 12.1 Å². The van der Waals surface area contributed by atoms with Crippen LogP contribution < -0.4 is 5.32 Å². The maximum absolute atomic E-state index is 13.4. The van der Waals surface area contributed by atoms with Crippen molar-refractivity contribution in [2.75, 3.05) is 5.32 Å². The number of carbonyl (C=O) groups excluding carboxylic acids is 1. The van der Waals surface area contributed by atoms with Crippen LogP contribution in [0, 0.1) is 5.82 Å². The fourth-order valence-electron chi connectivity index (χ4n) is 3.24. The molecule has 0 bridgehead atoms. The number of hydrogen-bond acceptors (Lipinski definition) is 4. The Morgan fingerprint density at radius 2 is 1.67 bits per heavy atom. The molecule has 150 valence electrons. The van der Waals surface area contributed by atoms with E-state index in [0.29, 0.717) is 11.5 Å². The van der Waals surface area contributed by atoms with Crippen LogP contribution >= 0.6 is 12.6 Å². The number of nitrogens with zero attached hydrogens (tertiary/aromatic N) is 3. The largest absolute Gasteiger partial charge is 0.310 e. The number of nitrogens with one attached hydrogen (secondary N) is 1. The van der Waals surface area contributed by atoms with Gasteiger partial charge in [-0.25, -0.2) is 4.39 Å². The zero-order valence-corrected chi connectivity index (χ0v) is 17.1. The molecule has 2 aromatic carbocycles. The number of benzene rings is 2. The molecule has 5 nitrogen and oxygen atoms in total. The molecule has 0 spiro atoms. The van der Waals surface area contributed by atoms with Crippen molar-refractivity contribution in [1.82, 2.24) is 14.8 Å². The molecule has 0 aliphatic rings. The Morgan fingerprint density at radius 3 is 2.33 bits per heavy atom. The van der Waals surface area contributed by atoms with Crippen molar-refractivity contribution in [1.29, 1.82) is 0 Å². The third-order valence-corrected chi connectivity index (χ3v) is 4.99. The molecule has 0 atom stereocenters. The number of aromatic nitrogens is 3. The molecule has 0 unspecified atom stereocenters. The third-order valence-electron chi connectivity index (χ3n) is 4.69. The van der Waals surface area contributed by atoms with Gasteiger partial charge in [-0.3, -0.25) is 14.5 Å². The average Bonchev–Trinajstić information content (AvgIpc) is 3.07. The highest BCUT2D eigenvalue weighted by molar-refractivity contribution is 7.80. The van der Waals surface area contributed by atoms with E-state index in [2.05, 4.69) is 28.0 Å². The summed E-state index contributed by atoms with van der Waals surface area (Å²) in [6, 6.07) is 17.3. The monoisotopic (exact) mass is 418 g/mol. The van der Waals surface area contributed by atoms with Gasteiger partial charge in [-0.15, -0.1) is 12.6 Å². The molecule has 0 aliphatic heterocycles. The maximum Gasteiger partial charge on any atom is 0.229 e. The first-order valence-corrected chi connectivity index (χ1v) is 9.77. The second kappa shape index (κ2) is 8.51. The summed E-state index contributed by atoms with van der Waals surface area (Å²) in [6.07, 6.45) is 3.59. The molecule has 7 heteroatoms. The lowest BCUT2D eigenvalue weighted by molar-refractivity contribution is -0.115. The van der Waals surface area contributed by atoms with E-state index in [1.54, 1.807) is 36.3 Å². The van der Waals surface area contributed by atoms with Gasteiger partial charge in [-0.05, 0) is 59.7 Å². The molecule has 2 aromatic heterocycles. The van der Waals surface area contributed by atoms with Crippen molar-refractivity contribution in [3.8, 4) is 22.4 Å². The van der Waals surface area contributed by atoms with Crippen LogP contribution in [0.25, 0.3) is 22.4 Å². The van der Waals surface area contributed by atoms with Gasteiger partial charge in [0.25, 0.3) is 0 Å². The summed E-state index contributed by atoms with van der Waals surface area (Å²) in [6.45, 7) is 0. The predicted molar refractivity (Wildman–Crippen MR) is 118 cm³/mol. The van der Waals surface area contributed by atoms with Gasteiger partial charge in [-0.2, -0.15) is 5.10 Å². The standard InChI is InChI=1S/C23H19FN4OS/c1-28-23(26-20(29)14-15-2-8-19(30)9-3-15)21(16-10-12-25-13-11-16)22(27-28)17-4-6-18(24)7-5-17/h2-13,30H,14H2,1H3,(H,26,29). The Kier molecular flexibility index (Phi) is 5.63. The average molecular weight is 418 g/mol. The van der Waals surface area contributed by atoms with Crippen molar-refractivity contribution in [2.24, 2.45) is 7.05 Å². The van der Waals surface area contributed by atoms with Crippen LogP contribution in [0.2, 0.25) is 0 Å². The second-order valence-electron chi connectivity index (χ2n) is 6.83. The van der Waals surface area contributed by atoms with Crippen molar-refractivity contribution in [3.63, 3.8) is 0 Å². The third kappa shape index (κ3) is 4.26. The molecule has 30 heavy (non-hydrogen) atoms. The minimum Gasteiger partial charge on any atom is -0.310 e. The molecule has 1 amide bonds. The number of thiol groups is 1. The highest BCUT2D eigenvalue weighted by Crippen LogP contribution is 2.37. The zero-order valence-electron chi connectivity index (χ0n) is 16.2. The summed E-state index contributed by atoms with van der Waals surface area (Å²) >= 11 is 4.27. The van der Waals surface area contributed by atoms with Crippen LogP contribution in [0.4, 0.5) is 10.2 Å². The first-order valence-electron chi connectivity index (χ1n) is 9.32. The van der Waals surface area contributed by atoms with Crippen molar-refractivity contribution >= 4 is 24.4 Å². The van der Waals surface area contributed by atoms with Crippen LogP contribution in [0.1, 0.15) is 5.56 Å². The smallest absolute Gasteiger partial charge is 0.229 e. The van der Waals surface area contributed by atoms with Crippen molar-refractivity contribution in [2.45, 2.75) is 11.3 Å². The molecule has 0 aliphatic carbocycles. The van der Waals surface area contributed by atoms with E-state index in [0.717, 1.165) is 27.1 Å². The van der Waals surface area contributed by atoms with E-state index in [9.17, 15) is 9.18 Å². The highest BCUT2D eigenvalue weighted by atomic mass is 32.1. The summed E-state index contributed by atoms with van der Waals surface area (Å²) < 4.78 is 15.0. The molecule has 0 saturated carbocycles. The molecule has 4 aromatic rings. The maximum atomic E-state index is 13.4. The Hall–Kier alpha value is -3.45. The molecular weight excluding hydrogens is 399 g/mol.